The highest BCUT2D eigenvalue weighted by atomic mass is 19.1. The Morgan fingerprint density at radius 3 is 2.73 bits per heavy atom. The van der Waals surface area contributed by atoms with Gasteiger partial charge in [-0.2, -0.15) is 0 Å². The number of ketones is 1. The molecule has 0 aliphatic carbocycles. The van der Waals surface area contributed by atoms with Crippen LogP contribution >= 0.6 is 0 Å². The van der Waals surface area contributed by atoms with Gasteiger partial charge in [0, 0.05) is 31.6 Å². The number of Topliss-reactive ketones (excluding diaryl/α,β-unsaturated/α-hetero) is 1. The summed E-state index contributed by atoms with van der Waals surface area (Å²) in [6.07, 6.45) is 3.80. The van der Waals surface area contributed by atoms with Gasteiger partial charge in [-0.25, -0.2) is 9.37 Å². The van der Waals surface area contributed by atoms with E-state index in [0.717, 1.165) is 41.6 Å². The van der Waals surface area contributed by atoms with E-state index < -0.39 is 0 Å². The van der Waals surface area contributed by atoms with E-state index in [1.165, 1.54) is 25.0 Å². The normalized spacial score (nSPS) is 15.3. The third-order valence-corrected chi connectivity index (χ3v) is 5.14. The molecule has 0 saturated carbocycles. The highest BCUT2D eigenvalue weighted by Gasteiger charge is 2.20. The first-order valence-electron chi connectivity index (χ1n) is 9.49. The van der Waals surface area contributed by atoms with Gasteiger partial charge in [-0.15, -0.1) is 0 Å². The lowest BCUT2D eigenvalue weighted by molar-refractivity contribution is -0.118. The first-order chi connectivity index (χ1) is 12.5. The standard InChI is InChI=1S/C22H27FN2O/c1-16-10-12-25(13-11-16)22-19(7-6-17(2)24-22)8-9-21(26)15-18-4-3-5-20(23)14-18/h3-7,14,16H,8-13,15H2,1-2H3. The summed E-state index contributed by atoms with van der Waals surface area (Å²) in [6.45, 7) is 6.37. The van der Waals surface area contributed by atoms with Crippen LogP contribution in [-0.2, 0) is 17.6 Å². The molecule has 2 heterocycles. The number of benzene rings is 1. The van der Waals surface area contributed by atoms with Crippen LogP contribution in [0.25, 0.3) is 0 Å². The maximum absolute atomic E-state index is 13.3. The predicted octanol–water partition coefficient (Wildman–Crippen LogP) is 4.51. The molecule has 0 spiro atoms. The number of pyridine rings is 1. The Hall–Kier alpha value is -2.23. The zero-order chi connectivity index (χ0) is 18.5. The molecule has 0 unspecified atom stereocenters. The third kappa shape index (κ3) is 4.90. The van der Waals surface area contributed by atoms with E-state index in [0.29, 0.717) is 12.8 Å². The summed E-state index contributed by atoms with van der Waals surface area (Å²) in [5.74, 6) is 1.65. The molecule has 2 aromatic rings. The van der Waals surface area contributed by atoms with Crippen molar-refractivity contribution in [2.45, 2.75) is 46.0 Å². The van der Waals surface area contributed by atoms with Crippen molar-refractivity contribution in [3.05, 3.63) is 59.0 Å². The van der Waals surface area contributed by atoms with Gasteiger partial charge in [-0.05, 0) is 61.4 Å². The van der Waals surface area contributed by atoms with Crippen LogP contribution in [0, 0.1) is 18.7 Å². The Balaban J connectivity index is 1.65. The molecule has 1 saturated heterocycles. The van der Waals surface area contributed by atoms with Gasteiger partial charge in [-0.1, -0.05) is 25.1 Å². The number of anilines is 1. The van der Waals surface area contributed by atoms with Crippen molar-refractivity contribution in [3.8, 4) is 0 Å². The van der Waals surface area contributed by atoms with E-state index >= 15 is 0 Å². The number of nitrogens with zero attached hydrogens (tertiary/aromatic N) is 2. The van der Waals surface area contributed by atoms with Crippen LogP contribution < -0.4 is 4.90 Å². The molecule has 4 heteroatoms. The highest BCUT2D eigenvalue weighted by Crippen LogP contribution is 2.26. The van der Waals surface area contributed by atoms with E-state index in [4.69, 9.17) is 4.98 Å². The second-order valence-corrected chi connectivity index (χ2v) is 7.45. The maximum Gasteiger partial charge on any atom is 0.137 e. The molecule has 1 fully saturated rings. The number of carbonyl (C=O) groups excluding carboxylic acids is 1. The first kappa shape index (κ1) is 18.6. The molecule has 0 bridgehead atoms. The van der Waals surface area contributed by atoms with Gasteiger partial charge in [0.25, 0.3) is 0 Å². The fourth-order valence-electron chi connectivity index (χ4n) is 3.50. The van der Waals surface area contributed by atoms with Crippen LogP contribution in [0.1, 0.15) is 43.0 Å². The zero-order valence-corrected chi connectivity index (χ0v) is 15.7. The minimum absolute atomic E-state index is 0.134. The van der Waals surface area contributed by atoms with Crippen molar-refractivity contribution < 1.29 is 9.18 Å². The van der Waals surface area contributed by atoms with Crippen molar-refractivity contribution in [1.29, 1.82) is 0 Å². The van der Waals surface area contributed by atoms with Crippen LogP contribution in [0.15, 0.2) is 36.4 Å². The Bertz CT molecular complexity index is 766. The summed E-state index contributed by atoms with van der Waals surface area (Å²) in [5.41, 5.74) is 2.88. The third-order valence-electron chi connectivity index (χ3n) is 5.14. The number of carbonyl (C=O) groups is 1. The Morgan fingerprint density at radius 2 is 2.00 bits per heavy atom. The Morgan fingerprint density at radius 1 is 1.23 bits per heavy atom. The lowest BCUT2D eigenvalue weighted by Crippen LogP contribution is -2.34. The molecule has 1 aromatic carbocycles. The van der Waals surface area contributed by atoms with Gasteiger partial charge in [-0.3, -0.25) is 4.79 Å². The fraction of sp³-hybridized carbons (Fsp3) is 0.455. The topological polar surface area (TPSA) is 33.2 Å². The van der Waals surface area contributed by atoms with Crippen LogP contribution in [0.4, 0.5) is 10.2 Å². The average Bonchev–Trinajstić information content (AvgIpc) is 2.61. The summed E-state index contributed by atoms with van der Waals surface area (Å²) in [6, 6.07) is 10.4. The Labute approximate surface area is 155 Å². The maximum atomic E-state index is 13.3. The summed E-state index contributed by atoms with van der Waals surface area (Å²) in [5, 5.41) is 0. The van der Waals surface area contributed by atoms with Gasteiger partial charge in [0.1, 0.15) is 17.4 Å². The molecular weight excluding hydrogens is 327 g/mol. The molecule has 1 aromatic heterocycles. The number of halogens is 1. The number of piperidine rings is 1. The van der Waals surface area contributed by atoms with Gasteiger partial charge < -0.3 is 4.90 Å². The molecule has 138 valence electrons. The second-order valence-electron chi connectivity index (χ2n) is 7.45. The number of aryl methyl sites for hydroxylation is 2. The highest BCUT2D eigenvalue weighted by molar-refractivity contribution is 5.81. The van der Waals surface area contributed by atoms with E-state index in [1.807, 2.05) is 13.0 Å². The van der Waals surface area contributed by atoms with Crippen molar-refractivity contribution in [2.24, 2.45) is 5.92 Å². The van der Waals surface area contributed by atoms with E-state index in [-0.39, 0.29) is 18.0 Å². The van der Waals surface area contributed by atoms with Gasteiger partial charge in [0.2, 0.25) is 0 Å². The first-order valence-corrected chi connectivity index (χ1v) is 9.49. The van der Waals surface area contributed by atoms with Gasteiger partial charge >= 0.3 is 0 Å². The average molecular weight is 354 g/mol. The largest absolute Gasteiger partial charge is 0.356 e. The van der Waals surface area contributed by atoms with Crippen LogP contribution in [-0.4, -0.2) is 23.9 Å². The molecule has 3 rings (SSSR count). The van der Waals surface area contributed by atoms with Crippen LogP contribution in [0.2, 0.25) is 0 Å². The van der Waals surface area contributed by atoms with Gasteiger partial charge in [0.05, 0.1) is 0 Å². The Kier molecular flexibility index (Phi) is 6.02. The lowest BCUT2D eigenvalue weighted by Gasteiger charge is -2.32. The fourth-order valence-corrected chi connectivity index (χ4v) is 3.50. The molecule has 0 atom stereocenters. The SMILES string of the molecule is Cc1ccc(CCC(=O)Cc2cccc(F)c2)c(N2CCC(C)CC2)n1. The molecule has 0 N–H and O–H groups in total. The monoisotopic (exact) mass is 354 g/mol. The quantitative estimate of drug-likeness (QED) is 0.765. The summed E-state index contributed by atoms with van der Waals surface area (Å²) >= 11 is 0. The van der Waals surface area contributed by atoms with Crippen molar-refractivity contribution >= 4 is 11.6 Å². The molecule has 0 radical (unpaired) electrons. The van der Waals surface area contributed by atoms with Crippen LogP contribution in [0.5, 0.6) is 0 Å². The van der Waals surface area contributed by atoms with Crippen molar-refractivity contribution in [2.75, 3.05) is 18.0 Å². The van der Waals surface area contributed by atoms with E-state index in [2.05, 4.69) is 17.9 Å². The van der Waals surface area contributed by atoms with Gasteiger partial charge in [0.15, 0.2) is 0 Å². The van der Waals surface area contributed by atoms with Crippen molar-refractivity contribution in [3.63, 3.8) is 0 Å². The number of hydrogen-bond donors (Lipinski definition) is 0. The molecule has 1 aliphatic heterocycles. The second kappa shape index (κ2) is 8.43. The molecular formula is C22H27FN2O. The minimum Gasteiger partial charge on any atom is -0.356 e. The summed E-state index contributed by atoms with van der Waals surface area (Å²) < 4.78 is 13.3. The minimum atomic E-state index is -0.292. The smallest absolute Gasteiger partial charge is 0.137 e. The molecule has 1 aliphatic rings. The molecule has 3 nitrogen and oxygen atoms in total. The summed E-state index contributed by atoms with van der Waals surface area (Å²) in [7, 11) is 0. The zero-order valence-electron chi connectivity index (χ0n) is 15.7. The van der Waals surface area contributed by atoms with E-state index in [9.17, 15) is 9.18 Å². The van der Waals surface area contributed by atoms with E-state index in [1.54, 1.807) is 12.1 Å². The lowest BCUT2D eigenvalue weighted by atomic mass is 9.98. The molecule has 0 amide bonds. The number of hydrogen-bond acceptors (Lipinski definition) is 3. The van der Waals surface area contributed by atoms with Crippen LogP contribution in [0.3, 0.4) is 0 Å². The number of aromatic nitrogens is 1. The molecule has 26 heavy (non-hydrogen) atoms. The predicted molar refractivity (Wildman–Crippen MR) is 103 cm³/mol. The summed E-state index contributed by atoms with van der Waals surface area (Å²) in [4.78, 5) is 19.5. The number of rotatable bonds is 6. The van der Waals surface area contributed by atoms with Crippen molar-refractivity contribution in [1.82, 2.24) is 4.98 Å².